The first kappa shape index (κ1) is 16.2. The smallest absolute Gasteiger partial charge is 0.173 e. The van der Waals surface area contributed by atoms with Crippen LogP contribution in [0.2, 0.25) is 0 Å². The number of hydrogen-bond donors (Lipinski definition) is 3. The number of hydrogen-bond acceptors (Lipinski definition) is 6. The summed E-state index contributed by atoms with van der Waals surface area (Å²) < 4.78 is 19.7. The van der Waals surface area contributed by atoms with Crippen LogP contribution < -0.4 is 4.74 Å². The maximum absolute atomic E-state index is 14.2. The lowest BCUT2D eigenvalue weighted by molar-refractivity contribution is -0.0790. The Balaban J connectivity index is 1.77. The van der Waals surface area contributed by atoms with Crippen molar-refractivity contribution in [2.24, 2.45) is 0 Å². The van der Waals surface area contributed by atoms with Crippen LogP contribution in [-0.2, 0) is 0 Å². The molecule has 0 bridgehead atoms. The molecule has 1 aliphatic heterocycles. The van der Waals surface area contributed by atoms with Gasteiger partial charge in [-0.3, -0.25) is 4.98 Å². The molecule has 7 heteroatoms. The lowest BCUT2D eigenvalue weighted by Crippen LogP contribution is -2.50. The van der Waals surface area contributed by atoms with Gasteiger partial charge in [-0.15, -0.1) is 11.8 Å². The maximum atomic E-state index is 14.2. The van der Waals surface area contributed by atoms with Crippen molar-refractivity contribution in [3.05, 3.63) is 48.5 Å². The summed E-state index contributed by atoms with van der Waals surface area (Å²) in [6, 6.07) is 8.08. The van der Waals surface area contributed by atoms with Crippen LogP contribution in [0.25, 0.3) is 11.1 Å². The Hall–Kier alpha value is -1.67. The van der Waals surface area contributed by atoms with Gasteiger partial charge in [-0.1, -0.05) is 6.07 Å². The molecule has 3 rings (SSSR count). The largest absolute Gasteiger partial charge is 0.474 e. The normalized spacial score (nSPS) is 27.7. The molecule has 1 saturated heterocycles. The van der Waals surface area contributed by atoms with Crippen LogP contribution in [0.15, 0.2) is 42.7 Å². The van der Waals surface area contributed by atoms with Gasteiger partial charge in [0.05, 0.1) is 6.10 Å². The van der Waals surface area contributed by atoms with E-state index in [1.54, 1.807) is 30.6 Å². The fraction of sp³-hybridized carbons (Fsp3) is 0.312. The third-order valence-corrected chi connectivity index (χ3v) is 4.88. The number of benzene rings is 1. The van der Waals surface area contributed by atoms with E-state index in [0.29, 0.717) is 5.56 Å². The van der Waals surface area contributed by atoms with E-state index in [4.69, 9.17) is 4.74 Å². The van der Waals surface area contributed by atoms with Gasteiger partial charge < -0.3 is 20.1 Å². The highest BCUT2D eigenvalue weighted by Gasteiger charge is 2.38. The average Bonchev–Trinajstić information content (AvgIpc) is 2.57. The van der Waals surface area contributed by atoms with Crippen LogP contribution in [0.3, 0.4) is 0 Å². The first-order chi connectivity index (χ1) is 11.1. The van der Waals surface area contributed by atoms with Gasteiger partial charge in [-0.2, -0.15) is 0 Å². The predicted molar refractivity (Wildman–Crippen MR) is 84.5 cm³/mol. The molecule has 0 aliphatic carbocycles. The van der Waals surface area contributed by atoms with Crippen molar-refractivity contribution >= 4 is 11.8 Å². The molecule has 0 amide bonds. The van der Waals surface area contributed by atoms with Crippen LogP contribution in [0.4, 0.5) is 4.39 Å². The first-order valence-corrected chi connectivity index (χ1v) is 8.13. The lowest BCUT2D eigenvalue weighted by atomic mass is 10.1. The summed E-state index contributed by atoms with van der Waals surface area (Å²) in [6.45, 7) is 0. The van der Waals surface area contributed by atoms with Crippen molar-refractivity contribution in [3.8, 4) is 16.9 Å². The Morgan fingerprint density at radius 3 is 2.48 bits per heavy atom. The van der Waals surface area contributed by atoms with Gasteiger partial charge in [0.1, 0.15) is 12.2 Å². The van der Waals surface area contributed by atoms with E-state index in [1.165, 1.54) is 12.1 Å². The van der Waals surface area contributed by atoms with Gasteiger partial charge in [-0.25, -0.2) is 4.39 Å². The fourth-order valence-electron chi connectivity index (χ4n) is 2.33. The van der Waals surface area contributed by atoms with Crippen molar-refractivity contribution < 1.29 is 24.4 Å². The van der Waals surface area contributed by atoms with E-state index >= 15 is 0 Å². The molecule has 0 spiro atoms. The molecule has 0 saturated carbocycles. The maximum Gasteiger partial charge on any atom is 0.173 e. The zero-order valence-electron chi connectivity index (χ0n) is 12.0. The number of ether oxygens (including phenoxy) is 1. The molecule has 0 radical (unpaired) electrons. The summed E-state index contributed by atoms with van der Waals surface area (Å²) in [4.78, 5) is 3.92. The van der Waals surface area contributed by atoms with Gasteiger partial charge in [0, 0.05) is 18.1 Å². The molecule has 1 aromatic heterocycles. The van der Waals surface area contributed by atoms with E-state index < -0.39 is 29.6 Å². The summed E-state index contributed by atoms with van der Waals surface area (Å²) in [5, 5.41) is 29.1. The number of rotatable bonds is 3. The minimum atomic E-state index is -1.31. The summed E-state index contributed by atoms with van der Waals surface area (Å²) in [5.41, 5.74) is 0.676. The minimum absolute atomic E-state index is 0.0112. The van der Waals surface area contributed by atoms with Crippen LogP contribution >= 0.6 is 11.8 Å². The minimum Gasteiger partial charge on any atom is -0.474 e. The third kappa shape index (κ3) is 3.48. The topological polar surface area (TPSA) is 82.8 Å². The van der Waals surface area contributed by atoms with Crippen molar-refractivity contribution in [2.75, 3.05) is 5.75 Å². The Morgan fingerprint density at radius 1 is 1.04 bits per heavy atom. The number of pyridine rings is 1. The first-order valence-electron chi connectivity index (χ1n) is 7.08. The molecule has 4 atom stereocenters. The number of thioether (sulfide) groups is 1. The van der Waals surface area contributed by atoms with Crippen LogP contribution in [-0.4, -0.2) is 49.8 Å². The molecule has 1 fully saturated rings. The van der Waals surface area contributed by atoms with Gasteiger partial charge >= 0.3 is 0 Å². The van der Waals surface area contributed by atoms with E-state index in [-0.39, 0.29) is 11.5 Å². The highest BCUT2D eigenvalue weighted by Crippen LogP contribution is 2.32. The molecule has 0 unspecified atom stereocenters. The third-order valence-electron chi connectivity index (χ3n) is 3.64. The molecule has 2 heterocycles. The molecule has 2 aromatic rings. The van der Waals surface area contributed by atoms with Crippen molar-refractivity contribution in [1.82, 2.24) is 4.98 Å². The Kier molecular flexibility index (Phi) is 4.82. The molecule has 1 aromatic carbocycles. The Bertz CT molecular complexity index is 672. The number of nitrogens with zero attached hydrogens (tertiary/aromatic N) is 1. The second-order valence-corrected chi connectivity index (χ2v) is 6.38. The Morgan fingerprint density at radius 2 is 1.78 bits per heavy atom. The second-order valence-electron chi connectivity index (χ2n) is 5.25. The summed E-state index contributed by atoms with van der Waals surface area (Å²) in [6.07, 6.45) is -0.365. The zero-order valence-corrected chi connectivity index (χ0v) is 12.9. The lowest BCUT2D eigenvalue weighted by Gasteiger charge is -2.34. The SMILES string of the molecule is O[C@@H]1[C@@H](O)[C@@H](Oc2ccc(-c3ccncc3)cc2F)SC[C@H]1O. The number of halogens is 1. The van der Waals surface area contributed by atoms with E-state index in [9.17, 15) is 19.7 Å². The van der Waals surface area contributed by atoms with E-state index in [1.807, 2.05) is 0 Å². The summed E-state index contributed by atoms with van der Waals surface area (Å²) >= 11 is 1.13. The molecule has 122 valence electrons. The van der Waals surface area contributed by atoms with Crippen LogP contribution in [0.1, 0.15) is 0 Å². The quantitative estimate of drug-likeness (QED) is 0.786. The van der Waals surface area contributed by atoms with Crippen molar-refractivity contribution in [1.29, 1.82) is 0 Å². The molecule has 23 heavy (non-hydrogen) atoms. The zero-order chi connectivity index (χ0) is 16.4. The van der Waals surface area contributed by atoms with Gasteiger partial charge in [0.25, 0.3) is 0 Å². The summed E-state index contributed by atoms with van der Waals surface area (Å²) in [5.74, 6) is -0.366. The average molecular weight is 337 g/mol. The number of aliphatic hydroxyl groups is 3. The number of aromatic nitrogens is 1. The second kappa shape index (κ2) is 6.84. The monoisotopic (exact) mass is 337 g/mol. The van der Waals surface area contributed by atoms with Crippen molar-refractivity contribution in [2.45, 2.75) is 23.7 Å². The van der Waals surface area contributed by atoms with E-state index in [0.717, 1.165) is 17.3 Å². The van der Waals surface area contributed by atoms with Crippen molar-refractivity contribution in [3.63, 3.8) is 0 Å². The molecular formula is C16H16FNO4S. The summed E-state index contributed by atoms with van der Waals surface area (Å²) in [7, 11) is 0. The Labute approximate surface area is 136 Å². The molecular weight excluding hydrogens is 321 g/mol. The van der Waals surface area contributed by atoms with Crippen LogP contribution in [0, 0.1) is 5.82 Å². The van der Waals surface area contributed by atoms with Gasteiger partial charge in [-0.05, 0) is 35.4 Å². The highest BCUT2D eigenvalue weighted by atomic mass is 32.2. The predicted octanol–water partition coefficient (Wildman–Crippen LogP) is 1.42. The molecule has 1 aliphatic rings. The fourth-order valence-corrected chi connectivity index (χ4v) is 3.44. The standard InChI is InChI=1S/C16H16FNO4S/c17-11-7-10(9-3-5-18-6-4-9)1-2-13(11)22-16-15(21)14(20)12(19)8-23-16/h1-7,12,14-16,19-21H,8H2/t12-,14+,15-,16+/m1/s1. The van der Waals surface area contributed by atoms with Crippen LogP contribution in [0.5, 0.6) is 5.75 Å². The molecule has 3 N–H and O–H groups in total. The van der Waals surface area contributed by atoms with E-state index in [2.05, 4.69) is 4.98 Å². The highest BCUT2D eigenvalue weighted by molar-refractivity contribution is 7.99. The van der Waals surface area contributed by atoms with Gasteiger partial charge in [0.2, 0.25) is 0 Å². The number of aliphatic hydroxyl groups excluding tert-OH is 3. The molecule has 5 nitrogen and oxygen atoms in total. The van der Waals surface area contributed by atoms with Gasteiger partial charge in [0.15, 0.2) is 17.0 Å².